The molecule has 0 saturated heterocycles. The second-order valence-corrected chi connectivity index (χ2v) is 6.28. The van der Waals surface area contributed by atoms with E-state index in [-0.39, 0.29) is 5.91 Å². The van der Waals surface area contributed by atoms with E-state index in [1.54, 1.807) is 18.4 Å². The lowest BCUT2D eigenvalue weighted by molar-refractivity contribution is -0.120. The predicted octanol–water partition coefficient (Wildman–Crippen LogP) is 3.08. The highest BCUT2D eigenvalue weighted by Crippen LogP contribution is 2.24. The summed E-state index contributed by atoms with van der Waals surface area (Å²) in [5, 5.41) is 7.02. The fraction of sp³-hybridized carbons (Fsp3) is 0.222. The summed E-state index contributed by atoms with van der Waals surface area (Å²) in [6.07, 6.45) is 0.311. The fourth-order valence-corrected chi connectivity index (χ4v) is 3.30. The number of carbonyl (C=O) groups is 1. The zero-order valence-corrected chi connectivity index (χ0v) is 14.2. The zero-order chi connectivity index (χ0) is 16.8. The molecule has 6 heteroatoms. The van der Waals surface area contributed by atoms with Crippen molar-refractivity contribution in [3.05, 3.63) is 54.1 Å². The van der Waals surface area contributed by atoms with Crippen LogP contribution in [0.2, 0.25) is 0 Å². The van der Waals surface area contributed by atoms with E-state index in [0.29, 0.717) is 19.5 Å². The first kappa shape index (κ1) is 16.3. The molecule has 1 heterocycles. The quantitative estimate of drug-likeness (QED) is 0.648. The predicted molar refractivity (Wildman–Crippen MR) is 97.8 cm³/mol. The molecule has 0 aliphatic heterocycles. The van der Waals surface area contributed by atoms with Crippen molar-refractivity contribution in [2.45, 2.75) is 6.42 Å². The maximum absolute atomic E-state index is 12.0. The molecule has 0 bridgehead atoms. The molecule has 3 rings (SSSR count). The van der Waals surface area contributed by atoms with Gasteiger partial charge in [0.25, 0.3) is 0 Å². The van der Waals surface area contributed by atoms with Crippen LogP contribution < -0.4 is 15.4 Å². The van der Waals surface area contributed by atoms with E-state index in [1.165, 1.54) is 0 Å². The van der Waals surface area contributed by atoms with Gasteiger partial charge in [0, 0.05) is 18.7 Å². The van der Waals surface area contributed by atoms with Gasteiger partial charge in [-0.3, -0.25) is 4.79 Å². The van der Waals surface area contributed by atoms with Crippen LogP contribution in [0.3, 0.4) is 0 Å². The van der Waals surface area contributed by atoms with Crippen LogP contribution in [-0.2, 0) is 11.2 Å². The second-order valence-electron chi connectivity index (χ2n) is 5.25. The van der Waals surface area contributed by atoms with Gasteiger partial charge in [-0.25, -0.2) is 4.98 Å². The molecule has 0 atom stereocenters. The number of nitrogens with one attached hydrogen (secondary N) is 2. The highest BCUT2D eigenvalue weighted by Gasteiger charge is 2.08. The summed E-state index contributed by atoms with van der Waals surface area (Å²) in [4.78, 5) is 16.5. The molecule has 0 radical (unpaired) electrons. The number of nitrogens with zero attached hydrogens (tertiary/aromatic N) is 1. The molecule has 2 aromatic carbocycles. The number of methoxy groups -OCH3 is 1. The van der Waals surface area contributed by atoms with Gasteiger partial charge in [0.15, 0.2) is 5.13 Å². The number of rotatable bonds is 7. The third kappa shape index (κ3) is 4.02. The van der Waals surface area contributed by atoms with Gasteiger partial charge in [-0.15, -0.1) is 0 Å². The Bertz CT molecular complexity index is 799. The molecule has 1 aromatic heterocycles. The minimum absolute atomic E-state index is 0.0226. The van der Waals surface area contributed by atoms with Crippen molar-refractivity contribution >= 4 is 32.6 Å². The number of hydrogen-bond acceptors (Lipinski definition) is 5. The van der Waals surface area contributed by atoms with Crippen molar-refractivity contribution in [2.24, 2.45) is 0 Å². The van der Waals surface area contributed by atoms with E-state index in [0.717, 1.165) is 26.7 Å². The van der Waals surface area contributed by atoms with Crippen LogP contribution in [0.1, 0.15) is 5.56 Å². The number of anilines is 1. The van der Waals surface area contributed by atoms with E-state index >= 15 is 0 Å². The van der Waals surface area contributed by atoms with E-state index < -0.39 is 0 Å². The van der Waals surface area contributed by atoms with Crippen LogP contribution in [0.25, 0.3) is 10.2 Å². The van der Waals surface area contributed by atoms with Crippen LogP contribution in [0.15, 0.2) is 48.5 Å². The van der Waals surface area contributed by atoms with Gasteiger partial charge in [-0.1, -0.05) is 41.7 Å². The topological polar surface area (TPSA) is 63.2 Å². The maximum atomic E-state index is 12.0. The maximum Gasteiger partial charge on any atom is 0.224 e. The highest BCUT2D eigenvalue weighted by molar-refractivity contribution is 7.22. The van der Waals surface area contributed by atoms with Crippen molar-refractivity contribution in [2.75, 3.05) is 25.5 Å². The SMILES string of the molecule is COc1ccccc1CC(=O)NCCNc1nc2ccccc2s1. The molecular formula is C18H19N3O2S. The van der Waals surface area contributed by atoms with Crippen LogP contribution in [-0.4, -0.2) is 31.1 Å². The van der Waals surface area contributed by atoms with Gasteiger partial charge in [0.2, 0.25) is 5.91 Å². The Hall–Kier alpha value is -2.60. The average molecular weight is 341 g/mol. The Balaban J connectivity index is 1.45. The van der Waals surface area contributed by atoms with Crippen LogP contribution in [0.4, 0.5) is 5.13 Å². The molecule has 0 saturated carbocycles. The van der Waals surface area contributed by atoms with Crippen LogP contribution >= 0.6 is 11.3 Å². The highest BCUT2D eigenvalue weighted by atomic mass is 32.1. The number of ether oxygens (including phenoxy) is 1. The van der Waals surface area contributed by atoms with Crippen molar-refractivity contribution in [1.82, 2.24) is 10.3 Å². The van der Waals surface area contributed by atoms with E-state index in [2.05, 4.69) is 15.6 Å². The molecule has 0 aliphatic carbocycles. The molecule has 3 aromatic rings. The summed E-state index contributed by atoms with van der Waals surface area (Å²) >= 11 is 1.61. The van der Waals surface area contributed by atoms with Gasteiger partial charge < -0.3 is 15.4 Å². The number of aromatic nitrogens is 1. The summed E-state index contributed by atoms with van der Waals surface area (Å²) in [5.41, 5.74) is 1.88. The Morgan fingerprint density at radius 3 is 2.75 bits per heavy atom. The van der Waals surface area contributed by atoms with Gasteiger partial charge in [0.05, 0.1) is 23.7 Å². The zero-order valence-electron chi connectivity index (χ0n) is 13.4. The summed E-state index contributed by atoms with van der Waals surface area (Å²) in [7, 11) is 1.61. The van der Waals surface area contributed by atoms with Crippen molar-refractivity contribution in [3.63, 3.8) is 0 Å². The second kappa shape index (κ2) is 7.79. The average Bonchev–Trinajstić information content (AvgIpc) is 3.02. The van der Waals surface area contributed by atoms with Crippen molar-refractivity contribution < 1.29 is 9.53 Å². The Labute approximate surface area is 144 Å². The summed E-state index contributed by atoms with van der Waals surface area (Å²) < 4.78 is 6.41. The Morgan fingerprint density at radius 1 is 1.12 bits per heavy atom. The molecule has 0 aliphatic rings. The Morgan fingerprint density at radius 2 is 1.92 bits per heavy atom. The molecule has 0 spiro atoms. The third-order valence-corrected chi connectivity index (χ3v) is 4.55. The number of thiazole rings is 1. The van der Waals surface area contributed by atoms with E-state index in [9.17, 15) is 4.79 Å². The van der Waals surface area contributed by atoms with Crippen molar-refractivity contribution in [3.8, 4) is 5.75 Å². The lowest BCUT2D eigenvalue weighted by atomic mass is 10.1. The van der Waals surface area contributed by atoms with Gasteiger partial charge >= 0.3 is 0 Å². The molecule has 124 valence electrons. The van der Waals surface area contributed by atoms with Gasteiger partial charge in [0.1, 0.15) is 5.75 Å². The number of fused-ring (bicyclic) bond motifs is 1. The first-order valence-electron chi connectivity index (χ1n) is 7.74. The molecular weight excluding hydrogens is 322 g/mol. The number of carbonyl (C=O) groups excluding carboxylic acids is 1. The normalized spacial score (nSPS) is 10.5. The minimum atomic E-state index is -0.0226. The summed E-state index contributed by atoms with van der Waals surface area (Å²) in [6.45, 7) is 1.18. The number of hydrogen-bond donors (Lipinski definition) is 2. The van der Waals surface area contributed by atoms with E-state index in [1.807, 2.05) is 48.5 Å². The smallest absolute Gasteiger partial charge is 0.224 e. The monoisotopic (exact) mass is 341 g/mol. The molecule has 0 unspecified atom stereocenters. The van der Waals surface area contributed by atoms with Crippen LogP contribution in [0, 0.1) is 0 Å². The number of benzene rings is 2. The van der Waals surface area contributed by atoms with Crippen LogP contribution in [0.5, 0.6) is 5.75 Å². The first-order chi connectivity index (χ1) is 11.8. The third-order valence-electron chi connectivity index (χ3n) is 3.56. The molecule has 5 nitrogen and oxygen atoms in total. The largest absolute Gasteiger partial charge is 0.496 e. The van der Waals surface area contributed by atoms with Gasteiger partial charge in [-0.05, 0) is 18.2 Å². The molecule has 24 heavy (non-hydrogen) atoms. The molecule has 0 fully saturated rings. The Kier molecular flexibility index (Phi) is 5.28. The summed E-state index contributed by atoms with van der Waals surface area (Å²) in [5.74, 6) is 0.714. The standard InChI is InChI=1S/C18H19N3O2S/c1-23-15-8-4-2-6-13(15)12-17(22)19-10-11-20-18-21-14-7-3-5-9-16(14)24-18/h2-9H,10-12H2,1H3,(H,19,22)(H,20,21). The van der Waals surface area contributed by atoms with Crippen molar-refractivity contribution in [1.29, 1.82) is 0 Å². The number of amides is 1. The summed E-state index contributed by atoms with van der Waals surface area (Å²) in [6, 6.07) is 15.6. The fourth-order valence-electron chi connectivity index (χ4n) is 2.40. The lowest BCUT2D eigenvalue weighted by Gasteiger charge is -2.09. The minimum Gasteiger partial charge on any atom is -0.496 e. The molecule has 1 amide bonds. The first-order valence-corrected chi connectivity index (χ1v) is 8.56. The molecule has 2 N–H and O–H groups in total. The lowest BCUT2D eigenvalue weighted by Crippen LogP contribution is -2.30. The number of para-hydroxylation sites is 2. The van der Waals surface area contributed by atoms with Gasteiger partial charge in [-0.2, -0.15) is 0 Å². The van der Waals surface area contributed by atoms with E-state index in [4.69, 9.17) is 4.74 Å².